The number of thioether (sulfide) groups is 1. The molecule has 0 radical (unpaired) electrons. The predicted octanol–water partition coefficient (Wildman–Crippen LogP) is 3.95. The molecule has 2 N–H and O–H groups in total. The molecule has 0 spiro atoms. The van der Waals surface area contributed by atoms with Gasteiger partial charge in [0.1, 0.15) is 5.75 Å². The third-order valence-electron chi connectivity index (χ3n) is 5.75. The Labute approximate surface area is 186 Å². The first-order chi connectivity index (χ1) is 15.1. The predicted molar refractivity (Wildman–Crippen MR) is 122 cm³/mol. The van der Waals surface area contributed by atoms with Crippen molar-refractivity contribution in [3.05, 3.63) is 71.5 Å². The first kappa shape index (κ1) is 20.2. The van der Waals surface area contributed by atoms with Crippen molar-refractivity contribution < 1.29 is 4.74 Å². The summed E-state index contributed by atoms with van der Waals surface area (Å²) >= 11 is 1.73. The quantitative estimate of drug-likeness (QED) is 0.633. The first-order valence-electron chi connectivity index (χ1n) is 10.6. The molecule has 3 heterocycles. The normalized spacial score (nSPS) is 23.0. The molecule has 0 aliphatic carbocycles. The van der Waals surface area contributed by atoms with Crippen molar-refractivity contribution >= 4 is 17.5 Å². The summed E-state index contributed by atoms with van der Waals surface area (Å²) in [6.45, 7) is 4.44. The molecular weight excluding hydrogens is 408 g/mol. The number of aromatic nitrogens is 3. The lowest BCUT2D eigenvalue weighted by Crippen LogP contribution is -2.31. The van der Waals surface area contributed by atoms with Crippen LogP contribution in [-0.4, -0.2) is 32.9 Å². The molecule has 2 aliphatic heterocycles. The van der Waals surface area contributed by atoms with Crippen molar-refractivity contribution in [3.63, 3.8) is 0 Å². The summed E-state index contributed by atoms with van der Waals surface area (Å²) < 4.78 is 7.23. The van der Waals surface area contributed by atoms with Gasteiger partial charge in [-0.1, -0.05) is 55.9 Å². The topological polar surface area (TPSA) is 76.4 Å². The van der Waals surface area contributed by atoms with Gasteiger partial charge in [0, 0.05) is 6.04 Å². The van der Waals surface area contributed by atoms with Crippen LogP contribution in [0.5, 0.6) is 5.75 Å². The molecule has 1 fully saturated rings. The third-order valence-corrected chi connectivity index (χ3v) is 7.24. The van der Waals surface area contributed by atoms with Crippen molar-refractivity contribution in [1.29, 1.82) is 0 Å². The van der Waals surface area contributed by atoms with Crippen molar-refractivity contribution in [3.8, 4) is 5.75 Å². The Morgan fingerprint density at radius 3 is 2.45 bits per heavy atom. The van der Waals surface area contributed by atoms with Gasteiger partial charge in [-0.15, -0.1) is 10.2 Å². The van der Waals surface area contributed by atoms with E-state index in [4.69, 9.17) is 9.84 Å². The van der Waals surface area contributed by atoms with E-state index in [0.717, 1.165) is 34.4 Å². The largest absolute Gasteiger partial charge is 0.497 e. The highest BCUT2D eigenvalue weighted by molar-refractivity contribution is 8.00. The van der Waals surface area contributed by atoms with E-state index in [0.29, 0.717) is 5.92 Å². The van der Waals surface area contributed by atoms with E-state index in [1.54, 1.807) is 18.9 Å². The van der Waals surface area contributed by atoms with Crippen LogP contribution in [-0.2, 0) is 0 Å². The van der Waals surface area contributed by atoms with Crippen LogP contribution < -0.4 is 15.6 Å². The van der Waals surface area contributed by atoms with Crippen molar-refractivity contribution in [2.45, 2.75) is 42.8 Å². The summed E-state index contributed by atoms with van der Waals surface area (Å²) in [5.41, 5.74) is 10.2. The molecule has 3 atom stereocenters. The molecule has 160 valence electrons. The van der Waals surface area contributed by atoms with Crippen LogP contribution >= 0.6 is 11.8 Å². The van der Waals surface area contributed by atoms with Crippen LogP contribution in [0.4, 0.5) is 0 Å². The number of hydrogen-bond acceptors (Lipinski definition) is 7. The van der Waals surface area contributed by atoms with Crippen LogP contribution in [0.1, 0.15) is 49.3 Å². The van der Waals surface area contributed by atoms with Gasteiger partial charge < -0.3 is 4.74 Å². The minimum absolute atomic E-state index is 0.0310. The number of ether oxygens (including phenoxy) is 1. The lowest BCUT2D eigenvalue weighted by Gasteiger charge is -2.26. The lowest BCUT2D eigenvalue weighted by atomic mass is 9.99. The molecule has 8 heteroatoms. The standard InChI is InChI=1S/C23H26N6OS/c1-14(2)21-20(16-9-11-17(30-3)12-10-16)28-29-22(26-27-23(29)31-21)19-13-18(24-25-19)15-7-5-4-6-8-15/h4-12,14,18-19,21,24-25H,13H2,1-3H3. The van der Waals surface area contributed by atoms with E-state index in [1.165, 1.54) is 5.56 Å². The second-order valence-electron chi connectivity index (χ2n) is 8.19. The lowest BCUT2D eigenvalue weighted by molar-refractivity contribution is 0.415. The van der Waals surface area contributed by atoms with E-state index in [9.17, 15) is 0 Å². The van der Waals surface area contributed by atoms with Gasteiger partial charge in [-0.05, 0) is 47.7 Å². The maximum atomic E-state index is 5.32. The second kappa shape index (κ2) is 8.45. The van der Waals surface area contributed by atoms with Crippen molar-refractivity contribution in [2.75, 3.05) is 7.11 Å². The number of methoxy groups -OCH3 is 1. The highest BCUT2D eigenvalue weighted by atomic mass is 32.2. The van der Waals surface area contributed by atoms with E-state index in [1.807, 2.05) is 22.9 Å². The Balaban J connectivity index is 1.47. The number of nitrogens with zero attached hydrogens (tertiary/aromatic N) is 4. The zero-order chi connectivity index (χ0) is 21.4. The highest BCUT2D eigenvalue weighted by Gasteiger charge is 2.35. The van der Waals surface area contributed by atoms with Crippen LogP contribution in [0.2, 0.25) is 0 Å². The van der Waals surface area contributed by atoms with Gasteiger partial charge in [-0.25, -0.2) is 10.9 Å². The summed E-state index contributed by atoms with van der Waals surface area (Å²) in [5.74, 6) is 2.09. The molecule has 0 bridgehead atoms. The van der Waals surface area contributed by atoms with Gasteiger partial charge in [0.2, 0.25) is 5.16 Å². The molecule has 2 aliphatic rings. The summed E-state index contributed by atoms with van der Waals surface area (Å²) in [5, 5.41) is 15.1. The second-order valence-corrected chi connectivity index (χ2v) is 9.30. The number of rotatable bonds is 5. The first-order valence-corrected chi connectivity index (χ1v) is 11.4. The van der Waals surface area contributed by atoms with Gasteiger partial charge in [0.05, 0.1) is 24.1 Å². The van der Waals surface area contributed by atoms with Crippen LogP contribution in [0.15, 0.2) is 64.9 Å². The van der Waals surface area contributed by atoms with Gasteiger partial charge in [0.25, 0.3) is 0 Å². The molecule has 3 unspecified atom stereocenters. The van der Waals surface area contributed by atoms with Crippen LogP contribution in [0.3, 0.4) is 0 Å². The van der Waals surface area contributed by atoms with Crippen molar-refractivity contribution in [1.82, 2.24) is 25.7 Å². The fourth-order valence-electron chi connectivity index (χ4n) is 4.06. The monoisotopic (exact) mass is 434 g/mol. The van der Waals surface area contributed by atoms with Crippen LogP contribution in [0, 0.1) is 5.92 Å². The van der Waals surface area contributed by atoms with E-state index in [-0.39, 0.29) is 17.3 Å². The molecule has 1 aromatic heterocycles. The molecule has 31 heavy (non-hydrogen) atoms. The Kier molecular flexibility index (Phi) is 5.52. The molecule has 7 nitrogen and oxygen atoms in total. The maximum absolute atomic E-state index is 5.32. The molecule has 0 amide bonds. The molecule has 3 aromatic rings. The van der Waals surface area contributed by atoms with Gasteiger partial charge >= 0.3 is 0 Å². The van der Waals surface area contributed by atoms with Crippen LogP contribution in [0.25, 0.3) is 0 Å². The molecule has 0 saturated carbocycles. The van der Waals surface area contributed by atoms with Gasteiger partial charge in [0.15, 0.2) is 5.82 Å². The minimum Gasteiger partial charge on any atom is -0.497 e. The van der Waals surface area contributed by atoms with E-state index >= 15 is 0 Å². The third kappa shape index (κ3) is 3.86. The van der Waals surface area contributed by atoms with E-state index in [2.05, 4.69) is 71.3 Å². The Morgan fingerprint density at radius 1 is 1.00 bits per heavy atom. The number of benzene rings is 2. The number of hydrogen-bond donors (Lipinski definition) is 2. The zero-order valence-electron chi connectivity index (χ0n) is 17.8. The molecule has 5 rings (SSSR count). The summed E-state index contributed by atoms with van der Waals surface area (Å²) in [7, 11) is 1.68. The molecular formula is C23H26N6OS. The number of hydrazine groups is 1. The summed E-state index contributed by atoms with van der Waals surface area (Å²) in [6, 6.07) is 18.8. The minimum atomic E-state index is 0.0310. The van der Waals surface area contributed by atoms with Gasteiger partial charge in [-0.3, -0.25) is 0 Å². The summed E-state index contributed by atoms with van der Waals surface area (Å²) in [6.07, 6.45) is 0.883. The Bertz CT molecular complexity index is 1080. The fourth-order valence-corrected chi connectivity index (χ4v) is 5.18. The average Bonchev–Trinajstić information content (AvgIpc) is 3.45. The Hall–Kier alpha value is -2.68. The Morgan fingerprint density at radius 2 is 1.74 bits per heavy atom. The summed E-state index contributed by atoms with van der Waals surface area (Å²) in [4.78, 5) is 0. The van der Waals surface area contributed by atoms with Gasteiger partial charge in [-0.2, -0.15) is 9.78 Å². The van der Waals surface area contributed by atoms with Crippen molar-refractivity contribution in [2.24, 2.45) is 11.0 Å². The smallest absolute Gasteiger partial charge is 0.212 e. The zero-order valence-corrected chi connectivity index (χ0v) is 18.6. The molecule has 2 aromatic carbocycles. The van der Waals surface area contributed by atoms with E-state index < -0.39 is 0 Å². The fraction of sp³-hybridized carbons (Fsp3) is 0.348. The number of fused-ring (bicyclic) bond motifs is 1. The SMILES string of the molecule is COc1ccc(C2=Nn3c(nnc3C3CC(c4ccccc4)NN3)SC2C(C)C)cc1. The number of nitrogens with one attached hydrogen (secondary N) is 2. The maximum Gasteiger partial charge on any atom is 0.212 e. The molecule has 1 saturated heterocycles. The average molecular weight is 435 g/mol. The highest BCUT2D eigenvalue weighted by Crippen LogP contribution is 2.37.